The van der Waals surface area contributed by atoms with Gasteiger partial charge >= 0.3 is 0 Å². The summed E-state index contributed by atoms with van der Waals surface area (Å²) in [7, 11) is 0. The van der Waals surface area contributed by atoms with Gasteiger partial charge in [-0.15, -0.1) is 0 Å². The highest BCUT2D eigenvalue weighted by Gasteiger charge is 2.34. The fourth-order valence-electron chi connectivity index (χ4n) is 2.30. The molecule has 2 N–H and O–H groups in total. The van der Waals surface area contributed by atoms with E-state index in [1.54, 1.807) is 12.1 Å². The Labute approximate surface area is 113 Å². The third kappa shape index (κ3) is 3.33. The van der Waals surface area contributed by atoms with E-state index >= 15 is 0 Å². The van der Waals surface area contributed by atoms with Crippen LogP contribution < -0.4 is 10.6 Å². The summed E-state index contributed by atoms with van der Waals surface area (Å²) >= 11 is 0. The van der Waals surface area contributed by atoms with Crippen LogP contribution in [0.3, 0.4) is 0 Å². The number of nitrogens with one attached hydrogen (secondary N) is 2. The fraction of sp³-hybridized carbons (Fsp3) is 0.467. The smallest absolute Gasteiger partial charge is 0.226 e. The third-order valence-corrected chi connectivity index (χ3v) is 3.79. The standard InChI is InChI=1S/C15H19N3O/c1-15(6-8-17-9-7-15)14(19)18-11-13-4-2-12(10-16)3-5-13/h2-5,17H,6-9,11H2,1H3,(H,18,19). The van der Waals surface area contributed by atoms with Gasteiger partial charge in [0.2, 0.25) is 5.91 Å². The van der Waals surface area contributed by atoms with Crippen molar-refractivity contribution in [2.45, 2.75) is 26.3 Å². The summed E-state index contributed by atoms with van der Waals surface area (Å²) in [5.74, 6) is 0.123. The molecule has 1 aromatic carbocycles. The maximum Gasteiger partial charge on any atom is 0.226 e. The average molecular weight is 257 g/mol. The number of carbonyl (C=O) groups is 1. The van der Waals surface area contributed by atoms with E-state index in [0.29, 0.717) is 12.1 Å². The van der Waals surface area contributed by atoms with Gasteiger partial charge in [-0.2, -0.15) is 5.26 Å². The summed E-state index contributed by atoms with van der Waals surface area (Å²) in [4.78, 5) is 12.2. The number of rotatable bonds is 3. The van der Waals surface area contributed by atoms with Crippen LogP contribution in [-0.2, 0) is 11.3 Å². The van der Waals surface area contributed by atoms with Gasteiger partial charge in [0.15, 0.2) is 0 Å². The van der Waals surface area contributed by atoms with Crippen LogP contribution in [0.25, 0.3) is 0 Å². The molecule has 1 heterocycles. The van der Waals surface area contributed by atoms with Gasteiger partial charge in [0.05, 0.1) is 11.6 Å². The second-order valence-electron chi connectivity index (χ2n) is 5.30. The fourth-order valence-corrected chi connectivity index (χ4v) is 2.30. The van der Waals surface area contributed by atoms with Crippen molar-refractivity contribution in [2.24, 2.45) is 5.41 Å². The first kappa shape index (κ1) is 13.6. The molecule has 1 aromatic rings. The van der Waals surface area contributed by atoms with Crippen molar-refractivity contribution in [3.05, 3.63) is 35.4 Å². The largest absolute Gasteiger partial charge is 0.352 e. The molecule has 1 saturated heterocycles. The summed E-state index contributed by atoms with van der Waals surface area (Å²) in [6, 6.07) is 9.38. The Morgan fingerprint density at radius 2 is 2.00 bits per heavy atom. The van der Waals surface area contributed by atoms with Gasteiger partial charge in [-0.05, 0) is 43.6 Å². The highest BCUT2D eigenvalue weighted by Crippen LogP contribution is 2.27. The number of hydrogen-bond donors (Lipinski definition) is 2. The Morgan fingerprint density at radius 3 is 2.58 bits per heavy atom. The van der Waals surface area contributed by atoms with E-state index in [0.717, 1.165) is 31.5 Å². The van der Waals surface area contributed by atoms with Crippen molar-refractivity contribution in [3.63, 3.8) is 0 Å². The number of nitriles is 1. The second-order valence-corrected chi connectivity index (χ2v) is 5.30. The van der Waals surface area contributed by atoms with Crippen molar-refractivity contribution < 1.29 is 4.79 Å². The number of piperidine rings is 1. The van der Waals surface area contributed by atoms with Crippen LogP contribution in [0.5, 0.6) is 0 Å². The van der Waals surface area contributed by atoms with Crippen molar-refractivity contribution >= 4 is 5.91 Å². The van der Waals surface area contributed by atoms with Gasteiger partial charge in [0.1, 0.15) is 0 Å². The lowest BCUT2D eigenvalue weighted by Gasteiger charge is -2.32. The summed E-state index contributed by atoms with van der Waals surface area (Å²) in [6.07, 6.45) is 1.76. The Kier molecular flexibility index (Phi) is 4.18. The van der Waals surface area contributed by atoms with E-state index < -0.39 is 0 Å². The van der Waals surface area contributed by atoms with Gasteiger partial charge in [0.25, 0.3) is 0 Å². The minimum Gasteiger partial charge on any atom is -0.352 e. The molecule has 2 rings (SSSR count). The molecule has 4 heteroatoms. The lowest BCUT2D eigenvalue weighted by molar-refractivity contribution is -0.131. The zero-order valence-electron chi connectivity index (χ0n) is 11.2. The summed E-state index contributed by atoms with van der Waals surface area (Å²) in [5.41, 5.74) is 1.41. The molecule has 1 aliphatic heterocycles. The van der Waals surface area contributed by atoms with Crippen LogP contribution in [0.15, 0.2) is 24.3 Å². The molecule has 0 atom stereocenters. The predicted octanol–water partition coefficient (Wildman–Crippen LogP) is 1.56. The molecule has 1 fully saturated rings. The average Bonchev–Trinajstić information content (AvgIpc) is 2.46. The molecule has 0 saturated carbocycles. The minimum atomic E-state index is -0.252. The van der Waals surface area contributed by atoms with Gasteiger partial charge in [-0.25, -0.2) is 0 Å². The van der Waals surface area contributed by atoms with Gasteiger partial charge in [-0.3, -0.25) is 4.79 Å². The molecule has 0 radical (unpaired) electrons. The summed E-state index contributed by atoms with van der Waals surface area (Å²) in [5, 5.41) is 15.0. The molecule has 1 amide bonds. The predicted molar refractivity (Wildman–Crippen MR) is 73.2 cm³/mol. The zero-order chi connectivity index (χ0) is 13.7. The van der Waals surface area contributed by atoms with Crippen LogP contribution >= 0.6 is 0 Å². The first-order valence-electron chi connectivity index (χ1n) is 6.62. The first-order chi connectivity index (χ1) is 9.14. The highest BCUT2D eigenvalue weighted by atomic mass is 16.2. The SMILES string of the molecule is CC1(C(=O)NCc2ccc(C#N)cc2)CCNCC1. The number of nitrogens with zero attached hydrogens (tertiary/aromatic N) is 1. The van der Waals surface area contributed by atoms with E-state index in [9.17, 15) is 4.79 Å². The van der Waals surface area contributed by atoms with E-state index in [4.69, 9.17) is 5.26 Å². The van der Waals surface area contributed by atoms with E-state index in [2.05, 4.69) is 16.7 Å². The number of amides is 1. The summed E-state index contributed by atoms with van der Waals surface area (Å²) < 4.78 is 0. The molecule has 4 nitrogen and oxygen atoms in total. The molecule has 0 aromatic heterocycles. The Morgan fingerprint density at radius 1 is 1.37 bits per heavy atom. The molecule has 0 bridgehead atoms. The minimum absolute atomic E-state index is 0.123. The monoisotopic (exact) mass is 257 g/mol. The van der Waals surface area contributed by atoms with Crippen LogP contribution in [0.1, 0.15) is 30.9 Å². The van der Waals surface area contributed by atoms with Crippen molar-refractivity contribution in [1.29, 1.82) is 5.26 Å². The van der Waals surface area contributed by atoms with Gasteiger partial charge in [0, 0.05) is 12.0 Å². The molecule has 0 unspecified atom stereocenters. The van der Waals surface area contributed by atoms with Crippen LogP contribution in [0, 0.1) is 16.7 Å². The Hall–Kier alpha value is -1.86. The van der Waals surface area contributed by atoms with E-state index in [1.165, 1.54) is 0 Å². The molecule has 100 valence electrons. The maximum atomic E-state index is 12.2. The van der Waals surface area contributed by atoms with Crippen molar-refractivity contribution in [1.82, 2.24) is 10.6 Å². The van der Waals surface area contributed by atoms with Crippen molar-refractivity contribution in [3.8, 4) is 6.07 Å². The van der Waals surface area contributed by atoms with E-state index in [1.807, 2.05) is 19.1 Å². The van der Waals surface area contributed by atoms with E-state index in [-0.39, 0.29) is 11.3 Å². The molecular weight excluding hydrogens is 238 g/mol. The molecule has 19 heavy (non-hydrogen) atoms. The highest BCUT2D eigenvalue weighted by molar-refractivity contribution is 5.82. The number of hydrogen-bond acceptors (Lipinski definition) is 3. The number of benzene rings is 1. The second kappa shape index (κ2) is 5.85. The lowest BCUT2D eigenvalue weighted by atomic mass is 9.80. The number of carbonyl (C=O) groups excluding carboxylic acids is 1. The zero-order valence-corrected chi connectivity index (χ0v) is 11.2. The normalized spacial score (nSPS) is 17.5. The molecule has 1 aliphatic rings. The first-order valence-corrected chi connectivity index (χ1v) is 6.62. The quantitative estimate of drug-likeness (QED) is 0.863. The third-order valence-electron chi connectivity index (χ3n) is 3.79. The lowest BCUT2D eigenvalue weighted by Crippen LogP contribution is -2.45. The molecule has 0 spiro atoms. The van der Waals surface area contributed by atoms with Gasteiger partial charge in [-0.1, -0.05) is 19.1 Å². The van der Waals surface area contributed by atoms with Crippen LogP contribution in [0.4, 0.5) is 0 Å². The maximum absolute atomic E-state index is 12.2. The summed E-state index contributed by atoms with van der Waals surface area (Å²) in [6.45, 7) is 4.36. The van der Waals surface area contributed by atoms with Crippen LogP contribution in [-0.4, -0.2) is 19.0 Å². The van der Waals surface area contributed by atoms with Crippen molar-refractivity contribution in [2.75, 3.05) is 13.1 Å². The Bertz CT molecular complexity index is 481. The van der Waals surface area contributed by atoms with Crippen LogP contribution in [0.2, 0.25) is 0 Å². The van der Waals surface area contributed by atoms with Gasteiger partial charge < -0.3 is 10.6 Å². The molecular formula is C15H19N3O. The topological polar surface area (TPSA) is 64.9 Å². The molecule has 0 aliphatic carbocycles. The Balaban J connectivity index is 1.90.